The van der Waals surface area contributed by atoms with E-state index >= 15 is 0 Å². The third-order valence-corrected chi connectivity index (χ3v) is 35.2. The Labute approximate surface area is 898 Å². The first-order valence-corrected chi connectivity index (χ1v) is 57.1. The predicted molar refractivity (Wildman–Crippen MR) is 581 cm³/mol. The largest absolute Gasteiger partial charge is 0.396 e. The number of aliphatic hydroxyl groups excluding tert-OH is 1. The molecular weight excluding hydrogens is 2080 g/mol. The van der Waals surface area contributed by atoms with E-state index in [0.29, 0.717) is 129 Å². The Morgan fingerprint density at radius 2 is 0.707 bits per heavy atom. The van der Waals surface area contributed by atoms with Gasteiger partial charge >= 0.3 is 0 Å². The van der Waals surface area contributed by atoms with Gasteiger partial charge in [0.25, 0.3) is 0 Å². The first kappa shape index (κ1) is 109. The Hall–Kier alpha value is -9.33. The minimum absolute atomic E-state index is 0.0233. The molecule has 16 heterocycles. The van der Waals surface area contributed by atoms with Crippen molar-refractivity contribution in [2.75, 3.05) is 183 Å². The van der Waals surface area contributed by atoms with Gasteiger partial charge in [0.1, 0.15) is 57.5 Å². The van der Waals surface area contributed by atoms with Crippen LogP contribution in [0.2, 0.25) is 40.2 Å². The summed E-state index contributed by atoms with van der Waals surface area (Å²) in [5, 5.41) is 53.9. The SMILES string of the molecule is CC(=O)NCCN1CCCC(C2CN(c3cnc4c(C#N)nn(C(C)c5ccc(Cl)cc5Cl)c4n3)C2)C1.CC(c1ccc(Cl)cc1Cl)n1nc(C#N)c2ncc(N3CC(C4CCN(CCCO)C4)C3)nc21.Cc1nn(C(C)c2ccc(Cl)cc2Cl)c2nc(N3CC(C4CCCN(CCNS(=O)(=O)C(C)C)C4)C3)cnc12.Cc1nn(C(C)c2ccc(Cl)cc2Cl)c2nc(N3CC(C4CCCN(CCNS(C)(=O)=O)C4)C3)cnc12. The summed E-state index contributed by atoms with van der Waals surface area (Å²) in [6.45, 7) is 38.2. The number of benzene rings is 4. The molecule has 0 radical (unpaired) electrons. The molecule has 8 unspecified atom stereocenters. The second kappa shape index (κ2) is 47.7. The van der Waals surface area contributed by atoms with Gasteiger partial charge in [-0.2, -0.15) is 30.9 Å². The number of aromatic nitrogens is 16. The quantitative estimate of drug-likeness (QED) is 0.0313. The average Bonchev–Trinajstić information content (AvgIpc) is 1.68. The van der Waals surface area contributed by atoms with E-state index in [1.54, 1.807) is 78.9 Å². The van der Waals surface area contributed by atoms with Crippen LogP contribution in [0, 0.1) is 83.9 Å². The zero-order valence-electron chi connectivity index (χ0n) is 84.3. The van der Waals surface area contributed by atoms with E-state index in [2.05, 4.69) is 100 Å². The van der Waals surface area contributed by atoms with Crippen LogP contribution in [0.3, 0.4) is 0 Å². The van der Waals surface area contributed by atoms with Gasteiger partial charge in [0.15, 0.2) is 34.0 Å². The van der Waals surface area contributed by atoms with Crippen molar-refractivity contribution in [1.82, 2.24) is 113 Å². The lowest BCUT2D eigenvalue weighted by Crippen LogP contribution is -2.54. The number of hydrogen-bond acceptors (Lipinski definition) is 28. The third kappa shape index (κ3) is 25.5. The zero-order chi connectivity index (χ0) is 104. The molecule has 8 atom stereocenters. The number of nitriles is 2. The van der Waals surface area contributed by atoms with Gasteiger partial charge in [0.05, 0.1) is 71.8 Å². The Morgan fingerprint density at radius 1 is 0.408 bits per heavy atom. The lowest BCUT2D eigenvalue weighted by atomic mass is 9.80. The standard InChI is InChI=1S/C27H37Cl2N7O2S.C26H30Cl2N8O.C25H33Cl2N7O2S.C24H27Cl2N7O/c1-17(2)39(37,38)31-9-11-34-10-5-6-20(14-34)21-15-35(16-21)25-13-30-26-18(3)33-36(27(26)32-25)19(4)23-8-7-22(28)12-24(23)29;1-16(21-6-5-20(27)10-22(21)28)36-26-25(23(11-29)33-36)31-12-24(32-26)35-14-19(15-35)18-4-3-8-34(13-18)9-7-30-17(2)37;1-16-24-25(34(31-16)17(2)21-7-6-20(26)11-22(21)27)30-23(12-28-24)33-14-19(15-33)18-5-4-9-32(13-18)10-8-29-37(3,35)36;1-15(19-4-3-18(25)9-20(19)26)33-24-23(21(10-27)30-33)28-11-22(29-24)32-13-17(14-32)16-5-7-31(12-16)6-2-8-34/h7-8,12-13,17,19-21,31H,5-6,9-11,14-16H2,1-4H3;5-6,10,12,16,18-19H,3-4,7-9,13-15H2,1-2H3,(H,30,37);6-7,11-12,17-19,29H,4-5,8-10,13-15H2,1-3H3;3-4,9,11,15-17,34H,2,5-8,12-14H2,1H3. The van der Waals surface area contributed by atoms with Crippen LogP contribution in [0.4, 0.5) is 23.3 Å². The van der Waals surface area contributed by atoms with E-state index in [1.807, 2.05) is 85.9 Å². The van der Waals surface area contributed by atoms with Crippen LogP contribution in [0.5, 0.6) is 0 Å². The normalized spacial score (nSPS) is 20.0. The zero-order valence-corrected chi connectivity index (χ0v) is 92.0. The summed E-state index contributed by atoms with van der Waals surface area (Å²) in [5.41, 5.74) is 10.9. The van der Waals surface area contributed by atoms with Gasteiger partial charge in [-0.1, -0.05) is 117 Å². The number of nitrogens with zero attached hydrogens (tertiary/aromatic N) is 26. The van der Waals surface area contributed by atoms with Gasteiger partial charge in [-0.3, -0.25) is 4.79 Å². The molecule has 147 heavy (non-hydrogen) atoms. The minimum Gasteiger partial charge on any atom is -0.396 e. The van der Waals surface area contributed by atoms with Crippen molar-refractivity contribution < 1.29 is 26.7 Å². The summed E-state index contributed by atoms with van der Waals surface area (Å²) in [4.78, 5) is 68.3. The molecule has 0 spiro atoms. The number of aryl methyl sites for hydroxylation is 2. The number of piperidine rings is 3. The number of nitrogens with one attached hydrogen (secondary N) is 3. The highest BCUT2D eigenvalue weighted by Gasteiger charge is 2.43. The maximum absolute atomic E-state index is 12.0. The maximum Gasteiger partial charge on any atom is 0.216 e. The van der Waals surface area contributed by atoms with E-state index in [1.165, 1.54) is 38.4 Å². The van der Waals surface area contributed by atoms with Crippen molar-refractivity contribution in [2.24, 2.45) is 47.3 Å². The van der Waals surface area contributed by atoms with Crippen molar-refractivity contribution >= 4 is 187 Å². The van der Waals surface area contributed by atoms with E-state index < -0.39 is 25.3 Å². The minimum atomic E-state index is -3.22. The van der Waals surface area contributed by atoms with Gasteiger partial charge in [-0.25, -0.2) is 84.9 Å². The molecular formula is C102H127Cl8N29O6S2. The Morgan fingerprint density at radius 3 is 1.01 bits per heavy atom. The fourth-order valence-corrected chi connectivity index (χ4v) is 25.1. The molecule has 8 aromatic heterocycles. The molecule has 20 rings (SSSR count). The number of sulfonamides is 2. The van der Waals surface area contributed by atoms with Crippen LogP contribution in [-0.4, -0.2) is 295 Å². The van der Waals surface area contributed by atoms with Crippen LogP contribution in [-0.2, 0) is 24.8 Å². The van der Waals surface area contributed by atoms with Gasteiger partial charge in [-0.05, 0) is 251 Å². The average molecular weight is 2200 g/mol. The molecule has 0 bridgehead atoms. The van der Waals surface area contributed by atoms with Crippen molar-refractivity contribution in [2.45, 2.75) is 143 Å². The number of aliphatic hydroxyl groups is 1. The van der Waals surface area contributed by atoms with Gasteiger partial charge in [0, 0.05) is 178 Å². The number of rotatable bonds is 31. The van der Waals surface area contributed by atoms with E-state index in [9.17, 15) is 32.2 Å². The second-order valence-electron chi connectivity index (χ2n) is 40.7. The fraction of sp³-hybridized carbons (Fsp3) is 0.539. The summed E-state index contributed by atoms with van der Waals surface area (Å²) in [7, 11) is -6.36. The summed E-state index contributed by atoms with van der Waals surface area (Å²) < 4.78 is 59.4. The number of fused-ring (bicyclic) bond motifs is 4. The van der Waals surface area contributed by atoms with E-state index in [4.69, 9.17) is 138 Å². The number of likely N-dealkylation sites (tertiary alicyclic amines) is 4. The molecule has 4 N–H and O–H groups in total. The number of carbonyl (C=O) groups is 1. The molecule has 8 fully saturated rings. The number of carbonyl (C=O) groups excluding carboxylic acids is 1. The van der Waals surface area contributed by atoms with Crippen LogP contribution in [0.1, 0.15) is 169 Å². The number of anilines is 4. The molecule has 4 aromatic carbocycles. The Balaban J connectivity index is 0.000000134. The van der Waals surface area contributed by atoms with E-state index in [0.717, 1.165) is 229 Å². The molecule has 45 heteroatoms. The molecule has 12 aromatic rings. The Bertz CT molecular complexity index is 7060. The highest BCUT2D eigenvalue weighted by atomic mass is 35.5. The van der Waals surface area contributed by atoms with Crippen molar-refractivity contribution in [3.05, 3.63) is 183 Å². The maximum atomic E-state index is 12.0. The lowest BCUT2D eigenvalue weighted by molar-refractivity contribution is -0.119. The van der Waals surface area contributed by atoms with Crippen LogP contribution in [0.25, 0.3) is 44.7 Å². The highest BCUT2D eigenvalue weighted by Crippen LogP contribution is 2.43. The number of halogens is 8. The van der Waals surface area contributed by atoms with Crippen LogP contribution < -0.4 is 34.4 Å². The van der Waals surface area contributed by atoms with Crippen molar-refractivity contribution in [3.63, 3.8) is 0 Å². The molecule has 784 valence electrons. The summed E-state index contributed by atoms with van der Waals surface area (Å²) in [6, 6.07) is 25.3. The predicted octanol–water partition coefficient (Wildman–Crippen LogP) is 15.9. The van der Waals surface area contributed by atoms with Crippen LogP contribution >= 0.6 is 92.8 Å². The van der Waals surface area contributed by atoms with Crippen molar-refractivity contribution in [1.29, 1.82) is 10.5 Å². The lowest BCUT2D eigenvalue weighted by Gasteiger charge is -2.47. The topological polar surface area (TPSA) is 390 Å². The summed E-state index contributed by atoms with van der Waals surface area (Å²) >= 11 is 50.3. The monoisotopic (exact) mass is 2200 g/mol. The molecule has 35 nitrogen and oxygen atoms in total. The first-order chi connectivity index (χ1) is 70.4. The number of hydrogen-bond donors (Lipinski definition) is 4. The Kier molecular flexibility index (Phi) is 35.3. The third-order valence-electron chi connectivity index (χ3n) is 30.3. The smallest absolute Gasteiger partial charge is 0.216 e. The molecule has 8 aliphatic heterocycles. The molecule has 0 saturated carbocycles. The van der Waals surface area contributed by atoms with Crippen molar-refractivity contribution in [3.8, 4) is 12.1 Å². The summed E-state index contributed by atoms with van der Waals surface area (Å²) in [6.07, 6.45) is 17.6. The molecule has 1 amide bonds. The molecule has 8 saturated heterocycles. The molecule has 0 aliphatic carbocycles. The second-order valence-corrected chi connectivity index (χ2v) is 48.2. The fourth-order valence-electron chi connectivity index (χ4n) is 21.7. The van der Waals surface area contributed by atoms with Gasteiger partial charge in [-0.15, -0.1) is 0 Å². The van der Waals surface area contributed by atoms with Gasteiger partial charge in [0.2, 0.25) is 26.0 Å². The van der Waals surface area contributed by atoms with Crippen LogP contribution in [0.15, 0.2) is 97.6 Å². The first-order valence-electron chi connectivity index (χ1n) is 50.7. The van der Waals surface area contributed by atoms with E-state index in [-0.39, 0.29) is 48.1 Å². The number of amides is 1. The summed E-state index contributed by atoms with van der Waals surface area (Å²) in [5.74, 6) is 8.34. The van der Waals surface area contributed by atoms with Gasteiger partial charge < -0.3 is 49.6 Å². The highest BCUT2D eigenvalue weighted by molar-refractivity contribution is 7.90. The molecule has 8 aliphatic rings.